The number of hydrogen-bond donors (Lipinski definition) is 0. The second-order valence-electron chi connectivity index (χ2n) is 7.64. The van der Waals surface area contributed by atoms with Crippen molar-refractivity contribution < 1.29 is 4.79 Å². The quantitative estimate of drug-likeness (QED) is 0.500. The molecule has 0 aromatic rings. The van der Waals surface area contributed by atoms with Crippen LogP contribution in [0.15, 0.2) is 0 Å². The Morgan fingerprint density at radius 2 is 1.90 bits per heavy atom. The van der Waals surface area contributed by atoms with Crippen molar-refractivity contribution in [3.8, 4) is 0 Å². The average Bonchev–Trinajstić information content (AvgIpc) is 2.88. The summed E-state index contributed by atoms with van der Waals surface area (Å²) in [6, 6.07) is 0.399. The van der Waals surface area contributed by atoms with Gasteiger partial charge in [0.25, 0.3) is 0 Å². The van der Waals surface area contributed by atoms with Crippen LogP contribution in [0.3, 0.4) is 0 Å². The van der Waals surface area contributed by atoms with Gasteiger partial charge in [-0.05, 0) is 44.4 Å². The maximum absolute atomic E-state index is 13.4. The van der Waals surface area contributed by atoms with Gasteiger partial charge in [0.2, 0.25) is 5.91 Å². The van der Waals surface area contributed by atoms with Crippen LogP contribution < -0.4 is 0 Å². The summed E-state index contributed by atoms with van der Waals surface area (Å²) in [4.78, 5) is 15.9. The highest BCUT2D eigenvalue weighted by Crippen LogP contribution is 2.82. The van der Waals surface area contributed by atoms with Crippen molar-refractivity contribution in [2.75, 3.05) is 6.54 Å². The number of nitrogens with zero attached hydrogens (tertiary/aromatic N) is 1. The predicted octanol–water partition coefficient (Wildman–Crippen LogP) is 5.07. The van der Waals surface area contributed by atoms with Gasteiger partial charge in [0.1, 0.15) is 0 Å². The van der Waals surface area contributed by atoms with E-state index in [-0.39, 0.29) is 24.8 Å². The first-order valence-corrected chi connectivity index (χ1v) is 10.7. The zero-order valence-electron chi connectivity index (χ0n) is 13.0. The molecule has 4 aliphatic rings. The van der Waals surface area contributed by atoms with Gasteiger partial charge >= 0.3 is 0 Å². The second kappa shape index (κ2) is 5.20. The Labute approximate surface area is 153 Å². The molecule has 1 amide bonds. The largest absolute Gasteiger partial charge is 0.339 e. The summed E-state index contributed by atoms with van der Waals surface area (Å²) in [5, 5.41) is 0. The van der Waals surface area contributed by atoms with Crippen molar-refractivity contribution in [2.45, 2.75) is 67.5 Å². The van der Waals surface area contributed by atoms with Gasteiger partial charge < -0.3 is 4.90 Å². The Hall–Kier alpha value is 0.910. The molecule has 4 fully saturated rings. The van der Waals surface area contributed by atoms with Gasteiger partial charge in [-0.25, -0.2) is 0 Å². The van der Waals surface area contributed by atoms with Gasteiger partial charge in [-0.1, -0.05) is 61.6 Å². The summed E-state index contributed by atoms with van der Waals surface area (Å²) in [5.41, 5.74) is -0.0832. The molecule has 1 saturated heterocycles. The Morgan fingerprint density at radius 3 is 2.38 bits per heavy atom. The van der Waals surface area contributed by atoms with Crippen LogP contribution in [0.4, 0.5) is 0 Å². The van der Waals surface area contributed by atoms with Gasteiger partial charge in [0.05, 0.1) is 9.15 Å². The fraction of sp³-hybridized carbons (Fsp3) is 0.938. The molecule has 0 N–H and O–H groups in total. The van der Waals surface area contributed by atoms with Crippen molar-refractivity contribution in [1.29, 1.82) is 0 Å². The van der Waals surface area contributed by atoms with E-state index in [0.717, 1.165) is 32.2 Å². The van der Waals surface area contributed by atoms with Crippen LogP contribution in [-0.2, 0) is 4.79 Å². The summed E-state index contributed by atoms with van der Waals surface area (Å²) < 4.78 is 0.249. The third kappa shape index (κ3) is 1.77. The molecule has 1 aliphatic heterocycles. The van der Waals surface area contributed by atoms with Crippen molar-refractivity contribution in [3.05, 3.63) is 0 Å². The molecule has 2 nitrogen and oxygen atoms in total. The predicted molar refractivity (Wildman–Crippen MR) is 97.3 cm³/mol. The minimum atomic E-state index is -0.224. The number of halogens is 3. The molecule has 1 heterocycles. The molecule has 3 aliphatic carbocycles. The van der Waals surface area contributed by atoms with Gasteiger partial charge in [0, 0.05) is 22.8 Å². The zero-order valence-corrected chi connectivity index (χ0v) is 17.7. The van der Waals surface area contributed by atoms with E-state index in [1.165, 1.54) is 6.42 Å². The smallest absolute Gasteiger partial charge is 0.230 e. The van der Waals surface area contributed by atoms with Crippen LogP contribution in [-0.4, -0.2) is 32.0 Å². The molecule has 0 spiro atoms. The van der Waals surface area contributed by atoms with Crippen LogP contribution in [0.25, 0.3) is 0 Å². The van der Waals surface area contributed by atoms with E-state index in [1.54, 1.807) is 0 Å². The Morgan fingerprint density at radius 1 is 1.24 bits per heavy atom. The zero-order chi connectivity index (χ0) is 15.6. The molecule has 4 unspecified atom stereocenters. The molecular weight excluding hydrogens is 462 g/mol. The topological polar surface area (TPSA) is 20.3 Å². The summed E-state index contributed by atoms with van der Waals surface area (Å²) in [6.07, 6.45) is 5.68. The lowest BCUT2D eigenvalue weighted by Gasteiger charge is -2.67. The molecule has 4 atom stereocenters. The van der Waals surface area contributed by atoms with Crippen LogP contribution in [0.2, 0.25) is 0 Å². The van der Waals surface area contributed by atoms with E-state index in [9.17, 15) is 4.79 Å². The van der Waals surface area contributed by atoms with Crippen LogP contribution in [0, 0.1) is 16.2 Å². The highest BCUT2D eigenvalue weighted by atomic mass is 79.9. The molecule has 2 bridgehead atoms. The van der Waals surface area contributed by atoms with Gasteiger partial charge in [0.15, 0.2) is 0 Å². The first-order chi connectivity index (χ1) is 9.73. The first-order valence-electron chi connectivity index (χ1n) is 7.97. The SMILES string of the molecule is CC1CCCCN1C(=O)C12CCC(C(Br)Br)(C1Br)C2(C)C. The fourth-order valence-corrected chi connectivity index (χ4v) is 10.2. The monoisotopic (exact) mass is 483 g/mol. The molecule has 120 valence electrons. The van der Waals surface area contributed by atoms with E-state index in [2.05, 4.69) is 73.5 Å². The van der Waals surface area contributed by atoms with Gasteiger partial charge in [-0.15, -0.1) is 0 Å². The highest BCUT2D eigenvalue weighted by Gasteiger charge is 2.83. The summed E-state index contributed by atoms with van der Waals surface area (Å²) >= 11 is 11.4. The van der Waals surface area contributed by atoms with Crippen LogP contribution >= 0.6 is 47.8 Å². The van der Waals surface area contributed by atoms with E-state index < -0.39 is 0 Å². The summed E-state index contributed by atoms with van der Waals surface area (Å²) in [5.74, 6) is 0.398. The minimum Gasteiger partial charge on any atom is -0.339 e. The van der Waals surface area contributed by atoms with Crippen LogP contribution in [0.5, 0.6) is 0 Å². The van der Waals surface area contributed by atoms with E-state index in [0.29, 0.717) is 11.9 Å². The Balaban J connectivity index is 1.94. The molecule has 3 saturated carbocycles. The van der Waals surface area contributed by atoms with E-state index in [1.807, 2.05) is 0 Å². The van der Waals surface area contributed by atoms with Crippen molar-refractivity contribution in [2.24, 2.45) is 16.2 Å². The highest BCUT2D eigenvalue weighted by molar-refractivity contribution is 9.24. The number of hydrogen-bond acceptors (Lipinski definition) is 1. The maximum Gasteiger partial charge on any atom is 0.230 e. The molecule has 4 rings (SSSR count). The lowest BCUT2D eigenvalue weighted by atomic mass is 9.43. The Kier molecular flexibility index (Phi) is 4.15. The number of amides is 1. The summed E-state index contributed by atoms with van der Waals surface area (Å²) in [7, 11) is 0. The standard InChI is InChI=1S/C16H24Br3NO/c1-10-6-4-5-9-20(10)13(21)16-8-7-15(11(16)17,12(18)19)14(16,2)3/h10-12H,4-9H2,1-3H3. The lowest BCUT2D eigenvalue weighted by molar-refractivity contribution is -0.176. The Bertz CT molecular complexity index is 466. The average molecular weight is 486 g/mol. The number of rotatable bonds is 2. The van der Waals surface area contributed by atoms with Crippen LogP contribution in [0.1, 0.15) is 52.9 Å². The molecule has 5 heteroatoms. The molecule has 0 aromatic heterocycles. The first kappa shape index (κ1) is 16.8. The number of alkyl halides is 3. The fourth-order valence-electron chi connectivity index (χ4n) is 5.32. The second-order valence-corrected chi connectivity index (χ2v) is 11.6. The normalized spacial score (nSPS) is 44.8. The third-order valence-electron chi connectivity index (χ3n) is 6.93. The third-order valence-corrected chi connectivity index (χ3v) is 10.2. The van der Waals surface area contributed by atoms with Crippen molar-refractivity contribution >= 4 is 53.7 Å². The lowest BCUT2D eigenvalue weighted by Crippen LogP contribution is -2.72. The minimum absolute atomic E-state index is 0.0140. The van der Waals surface area contributed by atoms with Gasteiger partial charge in [-0.3, -0.25) is 4.79 Å². The summed E-state index contributed by atoms with van der Waals surface area (Å²) in [6.45, 7) is 7.73. The number of carbonyl (C=O) groups is 1. The number of carbonyl (C=O) groups excluding carboxylic acids is 1. The van der Waals surface area contributed by atoms with E-state index in [4.69, 9.17) is 0 Å². The van der Waals surface area contributed by atoms with Crippen molar-refractivity contribution in [1.82, 2.24) is 4.90 Å². The van der Waals surface area contributed by atoms with Gasteiger partial charge in [-0.2, -0.15) is 0 Å². The number of piperidine rings is 1. The van der Waals surface area contributed by atoms with Crippen molar-refractivity contribution in [3.63, 3.8) is 0 Å². The maximum atomic E-state index is 13.4. The van der Waals surface area contributed by atoms with E-state index >= 15 is 0 Å². The molecule has 0 radical (unpaired) electrons. The number of fused-ring (bicyclic) bond motifs is 1. The molecular formula is C16H24Br3NO. The number of likely N-dealkylation sites (tertiary alicyclic amines) is 1. The molecule has 21 heavy (non-hydrogen) atoms. The molecule has 0 aromatic carbocycles.